The SMILES string of the molecule is CC(C)(C)Oc1nc(Nc2ccc(Br)c(F)c2)ccc1N. The molecule has 1 aromatic carbocycles. The number of rotatable bonds is 3. The standard InChI is InChI=1S/C15H17BrFN3O/c1-15(2,3)21-14-12(18)6-7-13(20-14)19-9-4-5-10(16)11(17)8-9/h4-8H,18H2,1-3H3,(H,19,20). The summed E-state index contributed by atoms with van der Waals surface area (Å²) in [5.41, 5.74) is 6.50. The number of aromatic nitrogens is 1. The van der Waals surface area contributed by atoms with Crippen molar-refractivity contribution in [3.05, 3.63) is 40.6 Å². The van der Waals surface area contributed by atoms with E-state index in [-0.39, 0.29) is 5.82 Å². The monoisotopic (exact) mass is 353 g/mol. The van der Waals surface area contributed by atoms with Crippen LogP contribution in [0.15, 0.2) is 34.8 Å². The van der Waals surface area contributed by atoms with Gasteiger partial charge in [0.15, 0.2) is 0 Å². The Kier molecular flexibility index (Phi) is 4.37. The van der Waals surface area contributed by atoms with E-state index in [2.05, 4.69) is 26.2 Å². The minimum absolute atomic E-state index is 0.346. The Hall–Kier alpha value is -1.82. The van der Waals surface area contributed by atoms with Gasteiger partial charge in [0.2, 0.25) is 5.88 Å². The lowest BCUT2D eigenvalue weighted by Gasteiger charge is -2.21. The number of nitrogen functional groups attached to an aromatic ring is 1. The van der Waals surface area contributed by atoms with Gasteiger partial charge < -0.3 is 15.8 Å². The van der Waals surface area contributed by atoms with Crippen molar-refractivity contribution in [2.45, 2.75) is 26.4 Å². The van der Waals surface area contributed by atoms with Crippen LogP contribution in [-0.2, 0) is 0 Å². The fourth-order valence-corrected chi connectivity index (χ4v) is 1.86. The molecule has 112 valence electrons. The zero-order valence-electron chi connectivity index (χ0n) is 12.1. The molecule has 4 nitrogen and oxygen atoms in total. The van der Waals surface area contributed by atoms with Gasteiger partial charge in [0, 0.05) is 5.69 Å². The number of anilines is 3. The van der Waals surface area contributed by atoms with Crippen LogP contribution in [0.4, 0.5) is 21.6 Å². The largest absolute Gasteiger partial charge is 0.470 e. The molecule has 0 spiro atoms. The highest BCUT2D eigenvalue weighted by atomic mass is 79.9. The van der Waals surface area contributed by atoms with Crippen LogP contribution >= 0.6 is 15.9 Å². The van der Waals surface area contributed by atoms with Crippen LogP contribution in [0.3, 0.4) is 0 Å². The third-order valence-corrected chi connectivity index (χ3v) is 3.13. The Bertz CT molecular complexity index is 656. The Morgan fingerprint density at radius 2 is 1.95 bits per heavy atom. The van der Waals surface area contributed by atoms with Gasteiger partial charge in [-0.25, -0.2) is 4.39 Å². The van der Waals surface area contributed by atoms with E-state index < -0.39 is 5.60 Å². The predicted molar refractivity (Wildman–Crippen MR) is 86.4 cm³/mol. The molecule has 2 aromatic rings. The van der Waals surface area contributed by atoms with Crippen molar-refractivity contribution in [1.82, 2.24) is 4.98 Å². The maximum absolute atomic E-state index is 13.5. The first-order valence-corrected chi connectivity index (χ1v) is 7.21. The van der Waals surface area contributed by atoms with Crippen molar-refractivity contribution in [1.29, 1.82) is 0 Å². The summed E-state index contributed by atoms with van der Waals surface area (Å²) in [6.45, 7) is 5.75. The number of hydrogen-bond donors (Lipinski definition) is 2. The number of hydrogen-bond acceptors (Lipinski definition) is 4. The predicted octanol–water partition coefficient (Wildman–Crippen LogP) is 4.49. The van der Waals surface area contributed by atoms with Crippen LogP contribution in [0.2, 0.25) is 0 Å². The Labute approximate surface area is 131 Å². The average Bonchev–Trinajstić information content (AvgIpc) is 2.36. The molecule has 0 saturated carbocycles. The van der Waals surface area contributed by atoms with Crippen molar-refractivity contribution < 1.29 is 9.13 Å². The smallest absolute Gasteiger partial charge is 0.239 e. The molecule has 1 aromatic heterocycles. The summed E-state index contributed by atoms with van der Waals surface area (Å²) in [7, 11) is 0. The van der Waals surface area contributed by atoms with E-state index >= 15 is 0 Å². The minimum Gasteiger partial charge on any atom is -0.470 e. The Morgan fingerprint density at radius 1 is 1.24 bits per heavy atom. The highest BCUT2D eigenvalue weighted by Gasteiger charge is 2.15. The van der Waals surface area contributed by atoms with E-state index in [9.17, 15) is 4.39 Å². The molecular formula is C15H17BrFN3O. The lowest BCUT2D eigenvalue weighted by atomic mass is 10.2. The van der Waals surface area contributed by atoms with Gasteiger partial charge in [0.05, 0.1) is 10.2 Å². The molecule has 6 heteroatoms. The van der Waals surface area contributed by atoms with E-state index in [0.717, 1.165) is 0 Å². The quantitative estimate of drug-likeness (QED) is 0.853. The maximum Gasteiger partial charge on any atom is 0.239 e. The second kappa shape index (κ2) is 5.89. The van der Waals surface area contributed by atoms with E-state index in [1.54, 1.807) is 24.3 Å². The second-order valence-electron chi connectivity index (χ2n) is 5.56. The van der Waals surface area contributed by atoms with Gasteiger partial charge in [-0.3, -0.25) is 0 Å². The molecule has 21 heavy (non-hydrogen) atoms. The topological polar surface area (TPSA) is 60.2 Å². The Balaban J connectivity index is 2.24. The van der Waals surface area contributed by atoms with Crippen molar-refractivity contribution in [3.8, 4) is 5.88 Å². The normalized spacial score (nSPS) is 11.3. The lowest BCUT2D eigenvalue weighted by Crippen LogP contribution is -2.24. The fourth-order valence-electron chi connectivity index (χ4n) is 1.61. The number of halogens is 2. The highest BCUT2D eigenvalue weighted by molar-refractivity contribution is 9.10. The molecule has 3 N–H and O–H groups in total. The van der Waals surface area contributed by atoms with E-state index in [1.165, 1.54) is 6.07 Å². The van der Waals surface area contributed by atoms with Gasteiger partial charge in [-0.15, -0.1) is 0 Å². The van der Waals surface area contributed by atoms with Gasteiger partial charge in [-0.2, -0.15) is 4.98 Å². The van der Waals surface area contributed by atoms with Crippen molar-refractivity contribution >= 4 is 33.1 Å². The minimum atomic E-state index is -0.399. The molecule has 0 saturated heterocycles. The molecule has 0 aliphatic rings. The van der Waals surface area contributed by atoms with Crippen LogP contribution in [0.25, 0.3) is 0 Å². The third-order valence-electron chi connectivity index (χ3n) is 2.48. The molecule has 0 aliphatic carbocycles. The number of nitrogens with two attached hydrogens (primary N) is 1. The first kappa shape index (κ1) is 15.6. The second-order valence-corrected chi connectivity index (χ2v) is 6.41. The van der Waals surface area contributed by atoms with Crippen LogP contribution in [0.5, 0.6) is 5.88 Å². The molecular weight excluding hydrogens is 337 g/mol. The Morgan fingerprint density at radius 3 is 2.57 bits per heavy atom. The summed E-state index contributed by atoms with van der Waals surface area (Å²) >= 11 is 3.11. The van der Waals surface area contributed by atoms with E-state index in [1.807, 2.05) is 20.8 Å². The lowest BCUT2D eigenvalue weighted by molar-refractivity contribution is 0.125. The number of pyridine rings is 1. The number of nitrogens with one attached hydrogen (secondary N) is 1. The molecule has 0 fully saturated rings. The van der Waals surface area contributed by atoms with Crippen molar-refractivity contribution in [2.75, 3.05) is 11.1 Å². The van der Waals surface area contributed by atoms with Crippen molar-refractivity contribution in [3.63, 3.8) is 0 Å². The summed E-state index contributed by atoms with van der Waals surface area (Å²) in [6.07, 6.45) is 0. The van der Waals surface area contributed by atoms with Crippen LogP contribution < -0.4 is 15.8 Å². The average molecular weight is 354 g/mol. The molecule has 2 rings (SSSR count). The van der Waals surface area contributed by atoms with E-state index in [0.29, 0.717) is 27.5 Å². The summed E-state index contributed by atoms with van der Waals surface area (Å²) in [5, 5.41) is 3.02. The number of nitrogens with zero attached hydrogens (tertiary/aromatic N) is 1. The summed E-state index contributed by atoms with van der Waals surface area (Å²) < 4.78 is 19.6. The zero-order valence-corrected chi connectivity index (χ0v) is 13.7. The van der Waals surface area contributed by atoms with Gasteiger partial charge in [0.1, 0.15) is 17.2 Å². The molecule has 0 radical (unpaired) electrons. The molecule has 0 amide bonds. The van der Waals surface area contributed by atoms with Gasteiger partial charge >= 0.3 is 0 Å². The van der Waals surface area contributed by atoms with Crippen LogP contribution in [-0.4, -0.2) is 10.6 Å². The maximum atomic E-state index is 13.5. The van der Waals surface area contributed by atoms with E-state index in [4.69, 9.17) is 10.5 Å². The zero-order chi connectivity index (χ0) is 15.6. The summed E-state index contributed by atoms with van der Waals surface area (Å²) in [6, 6.07) is 8.17. The highest BCUT2D eigenvalue weighted by Crippen LogP contribution is 2.27. The summed E-state index contributed by atoms with van der Waals surface area (Å²) in [4.78, 5) is 4.31. The number of ether oxygens (including phenoxy) is 1. The third kappa shape index (κ3) is 4.32. The molecule has 0 aliphatic heterocycles. The van der Waals surface area contributed by atoms with Gasteiger partial charge in [-0.05, 0) is 67.0 Å². The van der Waals surface area contributed by atoms with Crippen LogP contribution in [0, 0.1) is 5.82 Å². The van der Waals surface area contributed by atoms with Gasteiger partial charge in [-0.1, -0.05) is 0 Å². The molecule has 0 atom stereocenters. The summed E-state index contributed by atoms with van der Waals surface area (Å²) in [5.74, 6) is 0.539. The molecule has 0 bridgehead atoms. The first-order chi connectivity index (χ1) is 9.74. The first-order valence-electron chi connectivity index (χ1n) is 6.42. The molecule has 1 heterocycles. The number of benzene rings is 1. The van der Waals surface area contributed by atoms with Crippen molar-refractivity contribution in [2.24, 2.45) is 0 Å². The fraction of sp³-hybridized carbons (Fsp3) is 0.267. The molecule has 0 unspecified atom stereocenters. The van der Waals surface area contributed by atoms with Gasteiger partial charge in [0.25, 0.3) is 0 Å². The van der Waals surface area contributed by atoms with Crippen LogP contribution in [0.1, 0.15) is 20.8 Å².